The molecule has 0 aromatic heterocycles. The van der Waals surface area contributed by atoms with Crippen molar-refractivity contribution in [1.82, 2.24) is 4.90 Å². The molecule has 82 valence electrons. The first kappa shape index (κ1) is 10.9. The summed E-state index contributed by atoms with van der Waals surface area (Å²) in [6.45, 7) is 7.33. The molecule has 0 heterocycles. The fourth-order valence-corrected chi connectivity index (χ4v) is 2.93. The average Bonchev–Trinajstić information content (AvgIpc) is 3.00. The largest absolute Gasteiger partial charge is 0.300 e. The van der Waals surface area contributed by atoms with Gasteiger partial charge >= 0.3 is 0 Å². The molecular weight excluding hydrogens is 238 g/mol. The molecule has 0 aromatic rings. The molecule has 0 atom stereocenters. The normalized spacial score (nSPS) is 24.6. The van der Waals surface area contributed by atoms with Crippen molar-refractivity contribution in [2.75, 3.05) is 18.4 Å². The van der Waals surface area contributed by atoms with Crippen LogP contribution in [0.1, 0.15) is 39.5 Å². The number of rotatable bonds is 6. The number of halogens is 1. The Hall–Kier alpha value is 0.440. The fourth-order valence-electron chi connectivity index (χ4n) is 2.19. The molecule has 2 rings (SSSR count). The summed E-state index contributed by atoms with van der Waals surface area (Å²) >= 11 is 3.67. The van der Waals surface area contributed by atoms with Crippen molar-refractivity contribution in [3.05, 3.63) is 0 Å². The van der Waals surface area contributed by atoms with Gasteiger partial charge in [-0.05, 0) is 37.0 Å². The van der Waals surface area contributed by atoms with Crippen LogP contribution in [0, 0.1) is 11.3 Å². The molecule has 0 saturated heterocycles. The Bertz CT molecular complexity index is 194. The molecule has 0 amide bonds. The van der Waals surface area contributed by atoms with E-state index in [1.54, 1.807) is 0 Å². The third kappa shape index (κ3) is 2.73. The van der Waals surface area contributed by atoms with E-state index in [1.807, 2.05) is 0 Å². The highest BCUT2D eigenvalue weighted by Gasteiger charge is 2.45. The summed E-state index contributed by atoms with van der Waals surface area (Å²) < 4.78 is 0. The summed E-state index contributed by atoms with van der Waals surface area (Å²) in [7, 11) is 0. The second-order valence-electron chi connectivity index (χ2n) is 5.69. The van der Waals surface area contributed by atoms with Gasteiger partial charge in [0.2, 0.25) is 0 Å². The number of hydrogen-bond acceptors (Lipinski definition) is 1. The van der Waals surface area contributed by atoms with E-state index in [9.17, 15) is 0 Å². The van der Waals surface area contributed by atoms with Gasteiger partial charge in [-0.2, -0.15) is 0 Å². The van der Waals surface area contributed by atoms with E-state index in [-0.39, 0.29) is 0 Å². The van der Waals surface area contributed by atoms with Gasteiger partial charge in [0.05, 0.1) is 0 Å². The lowest BCUT2D eigenvalue weighted by Crippen LogP contribution is -2.35. The first-order valence-electron chi connectivity index (χ1n) is 5.95. The summed E-state index contributed by atoms with van der Waals surface area (Å²) in [6.07, 6.45) is 5.79. The molecule has 2 fully saturated rings. The van der Waals surface area contributed by atoms with Crippen molar-refractivity contribution < 1.29 is 0 Å². The van der Waals surface area contributed by atoms with Gasteiger partial charge < -0.3 is 0 Å². The van der Waals surface area contributed by atoms with Gasteiger partial charge in [-0.25, -0.2) is 0 Å². The van der Waals surface area contributed by atoms with Crippen LogP contribution < -0.4 is 0 Å². The monoisotopic (exact) mass is 259 g/mol. The van der Waals surface area contributed by atoms with E-state index < -0.39 is 0 Å². The van der Waals surface area contributed by atoms with Gasteiger partial charge in [-0.15, -0.1) is 0 Å². The Morgan fingerprint density at radius 2 is 2.00 bits per heavy atom. The number of nitrogens with zero attached hydrogens (tertiary/aromatic N) is 1. The molecule has 0 aliphatic heterocycles. The second kappa shape index (κ2) is 4.13. The number of hydrogen-bond donors (Lipinski definition) is 0. The van der Waals surface area contributed by atoms with Crippen molar-refractivity contribution in [3.8, 4) is 0 Å². The zero-order chi connectivity index (χ0) is 10.2. The minimum Gasteiger partial charge on any atom is -0.300 e. The summed E-state index contributed by atoms with van der Waals surface area (Å²) in [4.78, 5) is 2.75. The van der Waals surface area contributed by atoms with Gasteiger partial charge in [-0.1, -0.05) is 29.8 Å². The molecule has 0 radical (unpaired) electrons. The highest BCUT2D eigenvalue weighted by molar-refractivity contribution is 9.09. The Morgan fingerprint density at radius 3 is 2.36 bits per heavy atom. The highest BCUT2D eigenvalue weighted by Crippen LogP contribution is 2.49. The molecule has 0 spiro atoms. The van der Waals surface area contributed by atoms with E-state index >= 15 is 0 Å². The Labute approximate surface area is 96.4 Å². The van der Waals surface area contributed by atoms with E-state index in [0.717, 1.165) is 12.0 Å². The molecule has 1 nitrogen and oxygen atoms in total. The van der Waals surface area contributed by atoms with Crippen LogP contribution in [-0.4, -0.2) is 29.4 Å². The molecule has 0 N–H and O–H groups in total. The fraction of sp³-hybridized carbons (Fsp3) is 1.00. The molecular formula is C12H22BrN. The minimum absolute atomic E-state index is 0.664. The summed E-state index contributed by atoms with van der Waals surface area (Å²) in [6, 6.07) is 0.939. The van der Waals surface area contributed by atoms with Crippen LogP contribution in [0.4, 0.5) is 0 Å². The quantitative estimate of drug-likeness (QED) is 0.662. The smallest absolute Gasteiger partial charge is 0.0100 e. The molecule has 2 saturated carbocycles. The summed E-state index contributed by atoms with van der Waals surface area (Å²) in [5.41, 5.74) is 0.664. The molecule has 0 bridgehead atoms. The van der Waals surface area contributed by atoms with Gasteiger partial charge in [-0.3, -0.25) is 4.90 Å². The van der Waals surface area contributed by atoms with Gasteiger partial charge in [0, 0.05) is 24.5 Å². The SMILES string of the molecule is CC(C)CN(CC1(CBr)CC1)C1CC1. The van der Waals surface area contributed by atoms with E-state index in [1.165, 1.54) is 44.1 Å². The van der Waals surface area contributed by atoms with Crippen LogP contribution in [0.3, 0.4) is 0 Å². The summed E-state index contributed by atoms with van der Waals surface area (Å²) in [5.74, 6) is 0.821. The van der Waals surface area contributed by atoms with Crippen molar-refractivity contribution in [3.63, 3.8) is 0 Å². The predicted molar refractivity (Wildman–Crippen MR) is 64.9 cm³/mol. The molecule has 2 heteroatoms. The zero-order valence-electron chi connectivity index (χ0n) is 9.43. The van der Waals surface area contributed by atoms with Crippen LogP contribution in [0.2, 0.25) is 0 Å². The third-order valence-electron chi connectivity index (χ3n) is 3.44. The van der Waals surface area contributed by atoms with Crippen LogP contribution in [0.15, 0.2) is 0 Å². The van der Waals surface area contributed by atoms with Crippen molar-refractivity contribution in [2.45, 2.75) is 45.6 Å². The van der Waals surface area contributed by atoms with E-state index in [4.69, 9.17) is 0 Å². The first-order valence-corrected chi connectivity index (χ1v) is 7.07. The molecule has 0 unspecified atom stereocenters. The van der Waals surface area contributed by atoms with E-state index in [0.29, 0.717) is 5.41 Å². The van der Waals surface area contributed by atoms with Crippen LogP contribution >= 0.6 is 15.9 Å². The maximum Gasteiger partial charge on any atom is 0.0100 e. The Balaban J connectivity index is 1.84. The van der Waals surface area contributed by atoms with Crippen LogP contribution in [0.5, 0.6) is 0 Å². The average molecular weight is 260 g/mol. The maximum atomic E-state index is 3.67. The number of alkyl halides is 1. The lowest BCUT2D eigenvalue weighted by atomic mass is 10.1. The molecule has 2 aliphatic rings. The summed E-state index contributed by atoms with van der Waals surface area (Å²) in [5, 5.41) is 1.21. The zero-order valence-corrected chi connectivity index (χ0v) is 11.0. The molecule has 2 aliphatic carbocycles. The van der Waals surface area contributed by atoms with Crippen molar-refractivity contribution >= 4 is 15.9 Å². The maximum absolute atomic E-state index is 3.67. The standard InChI is InChI=1S/C12H22BrN/c1-10(2)7-14(11-3-4-11)9-12(8-13)5-6-12/h10-11H,3-9H2,1-2H3. The minimum atomic E-state index is 0.664. The van der Waals surface area contributed by atoms with Gasteiger partial charge in [0.15, 0.2) is 0 Å². The van der Waals surface area contributed by atoms with Crippen LogP contribution in [-0.2, 0) is 0 Å². The van der Waals surface area contributed by atoms with Crippen molar-refractivity contribution in [2.24, 2.45) is 11.3 Å². The molecule has 14 heavy (non-hydrogen) atoms. The Kier molecular flexibility index (Phi) is 3.23. The predicted octanol–water partition coefficient (Wildman–Crippen LogP) is 3.28. The third-order valence-corrected chi connectivity index (χ3v) is 4.63. The van der Waals surface area contributed by atoms with E-state index in [2.05, 4.69) is 34.7 Å². The van der Waals surface area contributed by atoms with Crippen molar-refractivity contribution in [1.29, 1.82) is 0 Å². The Morgan fingerprint density at radius 1 is 1.36 bits per heavy atom. The van der Waals surface area contributed by atoms with Gasteiger partial charge in [0.25, 0.3) is 0 Å². The topological polar surface area (TPSA) is 3.24 Å². The highest BCUT2D eigenvalue weighted by atomic mass is 79.9. The van der Waals surface area contributed by atoms with Crippen LogP contribution in [0.25, 0.3) is 0 Å². The first-order chi connectivity index (χ1) is 6.65. The second-order valence-corrected chi connectivity index (χ2v) is 6.25. The lowest BCUT2D eigenvalue weighted by molar-refractivity contribution is 0.198. The van der Waals surface area contributed by atoms with Gasteiger partial charge in [0.1, 0.15) is 0 Å². The molecule has 0 aromatic carbocycles. The lowest BCUT2D eigenvalue weighted by Gasteiger charge is -2.28.